The first-order valence-electron chi connectivity index (χ1n) is 7.68. The van der Waals surface area contributed by atoms with Crippen molar-refractivity contribution in [3.8, 4) is 5.75 Å². The van der Waals surface area contributed by atoms with Crippen molar-refractivity contribution in [1.82, 2.24) is 0 Å². The minimum absolute atomic E-state index is 0.144. The quantitative estimate of drug-likeness (QED) is 0.359. The van der Waals surface area contributed by atoms with Crippen LogP contribution in [0.2, 0.25) is 0 Å². The summed E-state index contributed by atoms with van der Waals surface area (Å²) in [5.41, 5.74) is 1.46. The van der Waals surface area contributed by atoms with Crippen LogP contribution in [0, 0.1) is 0 Å². The predicted octanol–water partition coefficient (Wildman–Crippen LogP) is 6.35. The van der Waals surface area contributed by atoms with Crippen molar-refractivity contribution < 1.29 is 13.5 Å². The molecule has 0 aliphatic heterocycles. The first-order chi connectivity index (χ1) is 11.8. The normalized spacial score (nSPS) is 11.8. The second-order valence-electron chi connectivity index (χ2n) is 5.76. The molecule has 0 bridgehead atoms. The number of hydrogen-bond acceptors (Lipinski definition) is 3. The Balaban J connectivity index is 2.23. The third-order valence-electron chi connectivity index (χ3n) is 4.43. The molecule has 0 radical (unpaired) electrons. The fourth-order valence-electron chi connectivity index (χ4n) is 3.37. The van der Waals surface area contributed by atoms with Crippen molar-refractivity contribution >= 4 is 52.2 Å². The second-order valence-corrected chi connectivity index (χ2v) is 6.34. The van der Waals surface area contributed by atoms with Crippen molar-refractivity contribution in [3.63, 3.8) is 0 Å². The highest BCUT2D eigenvalue weighted by atomic mass is 31.1. The lowest BCUT2D eigenvalue weighted by Gasteiger charge is -2.06. The Morgan fingerprint density at radius 2 is 1.33 bits per heavy atom. The molecule has 0 fully saturated rings. The standard InChI is InChI=1S/C20H13O3P/c21-16-11-18-20(15-8-4-3-7-14(15)16)19-13-6-2-1-5-12(13)9-10-17(19)22-24-23-18/h1-11,21,24H. The number of aromatic hydroxyl groups is 1. The molecule has 116 valence electrons. The lowest BCUT2D eigenvalue weighted by Crippen LogP contribution is -1.81. The zero-order valence-electron chi connectivity index (χ0n) is 12.6. The summed E-state index contributed by atoms with van der Waals surface area (Å²) in [6.45, 7) is 0. The molecule has 0 aliphatic rings. The topological polar surface area (TPSA) is 46.5 Å². The van der Waals surface area contributed by atoms with Gasteiger partial charge in [-0.05, 0) is 22.2 Å². The summed E-state index contributed by atoms with van der Waals surface area (Å²) in [6.07, 6.45) is 0. The molecule has 5 rings (SSSR count). The molecule has 1 N–H and O–H groups in total. The summed E-state index contributed by atoms with van der Waals surface area (Å²) in [5, 5.41) is 16.4. The Morgan fingerprint density at radius 3 is 2.21 bits per heavy atom. The van der Waals surface area contributed by atoms with Crippen LogP contribution in [0.4, 0.5) is 0 Å². The zero-order chi connectivity index (χ0) is 16.1. The molecule has 3 nitrogen and oxygen atoms in total. The average Bonchev–Trinajstić information content (AvgIpc) is 2.81. The number of hydrogen-bond donors (Lipinski definition) is 1. The van der Waals surface area contributed by atoms with Gasteiger partial charge in [-0.1, -0.05) is 54.6 Å². The van der Waals surface area contributed by atoms with Crippen molar-refractivity contribution in [1.29, 1.82) is 0 Å². The molecule has 1 atom stereocenters. The van der Waals surface area contributed by atoms with Crippen LogP contribution in [0.1, 0.15) is 0 Å². The highest BCUT2D eigenvalue weighted by Crippen LogP contribution is 2.39. The highest BCUT2D eigenvalue weighted by Gasteiger charge is 2.12. The number of fused-ring (bicyclic) bond motifs is 7. The van der Waals surface area contributed by atoms with Crippen LogP contribution in [-0.2, 0) is 0 Å². The van der Waals surface area contributed by atoms with Gasteiger partial charge in [0.1, 0.15) is 16.9 Å². The van der Waals surface area contributed by atoms with E-state index in [2.05, 4.69) is 18.2 Å². The van der Waals surface area contributed by atoms with Gasteiger partial charge in [0, 0.05) is 22.2 Å². The molecule has 0 aliphatic carbocycles. The van der Waals surface area contributed by atoms with E-state index in [1.165, 1.54) is 0 Å². The van der Waals surface area contributed by atoms with Crippen LogP contribution in [0.3, 0.4) is 0 Å². The molecule has 0 saturated carbocycles. The molecular formula is C20H13O3P. The first-order valence-corrected chi connectivity index (χ1v) is 8.50. The van der Waals surface area contributed by atoms with Gasteiger partial charge in [-0.15, -0.1) is 0 Å². The van der Waals surface area contributed by atoms with Gasteiger partial charge in [-0.3, -0.25) is 0 Å². The number of phenolic OH excluding ortho intramolecular Hbond substituents is 1. The molecule has 0 saturated heterocycles. The van der Waals surface area contributed by atoms with Gasteiger partial charge >= 0.3 is 0 Å². The van der Waals surface area contributed by atoms with Crippen LogP contribution in [0.5, 0.6) is 5.75 Å². The van der Waals surface area contributed by atoms with Crippen LogP contribution in [0.15, 0.2) is 75.1 Å². The highest BCUT2D eigenvalue weighted by molar-refractivity contribution is 7.15. The van der Waals surface area contributed by atoms with Crippen molar-refractivity contribution in [3.05, 3.63) is 66.7 Å². The van der Waals surface area contributed by atoms with E-state index in [1.807, 2.05) is 42.5 Å². The lowest BCUT2D eigenvalue weighted by atomic mass is 9.98. The van der Waals surface area contributed by atoms with Crippen molar-refractivity contribution in [2.24, 2.45) is 0 Å². The molecule has 1 unspecified atom stereocenters. The van der Waals surface area contributed by atoms with E-state index in [0.29, 0.717) is 5.58 Å². The van der Waals surface area contributed by atoms with E-state index in [9.17, 15) is 5.11 Å². The summed E-state index contributed by atoms with van der Waals surface area (Å²) in [4.78, 5) is 0. The second kappa shape index (κ2) is 5.05. The van der Waals surface area contributed by atoms with Gasteiger partial charge in [0.25, 0.3) is 0 Å². The minimum atomic E-state index is -0.144. The summed E-state index contributed by atoms with van der Waals surface area (Å²) in [5.74, 6) is 0.220. The Bertz CT molecular complexity index is 1270. The van der Waals surface area contributed by atoms with E-state index >= 15 is 0 Å². The number of phenols is 1. The Hall–Kier alpha value is -2.90. The Morgan fingerprint density at radius 1 is 0.667 bits per heavy atom. The van der Waals surface area contributed by atoms with Crippen molar-refractivity contribution in [2.45, 2.75) is 0 Å². The summed E-state index contributed by atoms with van der Waals surface area (Å²) < 4.78 is 11.7. The molecule has 24 heavy (non-hydrogen) atoms. The van der Waals surface area contributed by atoms with Crippen LogP contribution in [-0.4, -0.2) is 5.11 Å². The monoisotopic (exact) mass is 332 g/mol. The van der Waals surface area contributed by atoms with E-state index in [0.717, 1.165) is 37.9 Å². The van der Waals surface area contributed by atoms with Gasteiger partial charge in [0.15, 0.2) is 0 Å². The largest absolute Gasteiger partial charge is 0.507 e. The van der Waals surface area contributed by atoms with Crippen LogP contribution < -0.4 is 0 Å². The average molecular weight is 332 g/mol. The Kier molecular flexibility index (Phi) is 2.85. The molecular weight excluding hydrogens is 319 g/mol. The van der Waals surface area contributed by atoms with Gasteiger partial charge < -0.3 is 13.5 Å². The van der Waals surface area contributed by atoms with Crippen LogP contribution in [0.25, 0.3) is 43.5 Å². The molecule has 0 amide bonds. The third-order valence-corrected chi connectivity index (χ3v) is 5.04. The maximum atomic E-state index is 10.4. The van der Waals surface area contributed by atoms with Gasteiger partial charge in [-0.2, -0.15) is 0 Å². The molecule has 0 spiro atoms. The molecule has 1 heterocycles. The summed E-state index contributed by atoms with van der Waals surface area (Å²) in [6, 6.07) is 21.8. The third kappa shape index (κ3) is 1.85. The van der Waals surface area contributed by atoms with E-state index in [-0.39, 0.29) is 14.4 Å². The fourth-order valence-corrected chi connectivity index (χ4v) is 3.93. The van der Waals surface area contributed by atoms with Gasteiger partial charge in [0.05, 0.1) is 0 Å². The Labute approximate surface area is 138 Å². The molecule has 4 aromatic carbocycles. The smallest absolute Gasteiger partial charge is 0.201 e. The molecule has 1 aromatic heterocycles. The first kappa shape index (κ1) is 13.5. The van der Waals surface area contributed by atoms with Gasteiger partial charge in [-0.25, -0.2) is 0 Å². The fraction of sp³-hybridized carbons (Fsp3) is 0. The van der Waals surface area contributed by atoms with Crippen molar-refractivity contribution in [2.75, 3.05) is 0 Å². The van der Waals surface area contributed by atoms with E-state index in [1.54, 1.807) is 6.07 Å². The number of benzene rings is 4. The lowest BCUT2D eigenvalue weighted by molar-refractivity contribution is 0.481. The van der Waals surface area contributed by atoms with E-state index in [4.69, 9.17) is 8.39 Å². The maximum Gasteiger partial charge on any atom is 0.201 e. The predicted molar refractivity (Wildman–Crippen MR) is 99.8 cm³/mol. The van der Waals surface area contributed by atoms with E-state index < -0.39 is 0 Å². The number of rotatable bonds is 0. The van der Waals surface area contributed by atoms with Gasteiger partial charge in [0.2, 0.25) is 8.67 Å². The SMILES string of the molecule is Oc1cc2o[pH]oc3ccc4ccccc4c3c2c2ccccc12. The summed E-state index contributed by atoms with van der Waals surface area (Å²) in [7, 11) is -0.144. The zero-order valence-corrected chi connectivity index (χ0v) is 13.6. The minimum Gasteiger partial charge on any atom is -0.507 e. The maximum absolute atomic E-state index is 10.4. The molecule has 4 heteroatoms. The summed E-state index contributed by atoms with van der Waals surface area (Å²) >= 11 is 0. The molecule has 5 aromatic rings. The van der Waals surface area contributed by atoms with Crippen LogP contribution >= 0.6 is 8.67 Å².